The van der Waals surface area contributed by atoms with Crippen molar-refractivity contribution in [2.75, 3.05) is 0 Å². The van der Waals surface area contributed by atoms with Crippen LogP contribution in [-0.4, -0.2) is 17.2 Å². The van der Waals surface area contributed by atoms with E-state index in [2.05, 4.69) is 4.98 Å². The first-order valence-electron chi connectivity index (χ1n) is 3.92. The highest BCUT2D eigenvalue weighted by molar-refractivity contribution is 5.16. The summed E-state index contributed by atoms with van der Waals surface area (Å²) in [6, 6.07) is -2.29. The molecule has 0 bridgehead atoms. The Morgan fingerprint density at radius 2 is 1.67 bits per heavy atom. The summed E-state index contributed by atoms with van der Waals surface area (Å²) >= 11 is 0. The van der Waals surface area contributed by atoms with Crippen molar-refractivity contribution in [2.24, 2.45) is 5.73 Å². The molecule has 0 amide bonds. The molecule has 0 saturated carbocycles. The number of alkyl halides is 3. The van der Waals surface area contributed by atoms with E-state index in [1.54, 1.807) is 0 Å². The van der Waals surface area contributed by atoms with E-state index in [1.165, 1.54) is 0 Å². The number of aromatic nitrogens is 1. The summed E-state index contributed by atoms with van der Waals surface area (Å²) in [5, 5.41) is 0. The van der Waals surface area contributed by atoms with E-state index in [1.807, 2.05) is 0 Å². The predicted octanol–water partition coefficient (Wildman–Crippen LogP) is 1.79. The van der Waals surface area contributed by atoms with Crippen LogP contribution in [0, 0.1) is 11.6 Å². The van der Waals surface area contributed by atoms with Crippen LogP contribution in [0.15, 0.2) is 12.4 Å². The van der Waals surface area contributed by atoms with Gasteiger partial charge in [0.2, 0.25) is 0 Å². The molecule has 7 heteroatoms. The maximum Gasteiger partial charge on any atom is 0.403 e. The second kappa shape index (κ2) is 4.09. The van der Waals surface area contributed by atoms with Crippen LogP contribution in [0.25, 0.3) is 0 Å². The number of nitrogens with two attached hydrogens (primary N) is 1. The third-order valence-electron chi connectivity index (χ3n) is 1.80. The van der Waals surface area contributed by atoms with Crippen LogP contribution in [0.5, 0.6) is 0 Å². The first kappa shape index (κ1) is 11.8. The van der Waals surface area contributed by atoms with Gasteiger partial charge in [0.05, 0.1) is 12.4 Å². The average molecular weight is 226 g/mol. The van der Waals surface area contributed by atoms with Gasteiger partial charge in [0, 0.05) is 12.0 Å². The van der Waals surface area contributed by atoms with E-state index in [4.69, 9.17) is 5.73 Å². The van der Waals surface area contributed by atoms with Crippen molar-refractivity contribution in [1.82, 2.24) is 4.98 Å². The number of halogens is 5. The highest BCUT2D eigenvalue weighted by Gasteiger charge is 2.37. The van der Waals surface area contributed by atoms with Gasteiger partial charge in [-0.25, -0.2) is 8.78 Å². The largest absolute Gasteiger partial charge is 0.403 e. The molecule has 0 spiro atoms. The molecule has 1 heterocycles. The minimum atomic E-state index is -4.68. The van der Waals surface area contributed by atoms with Gasteiger partial charge in [-0.15, -0.1) is 0 Å². The van der Waals surface area contributed by atoms with Crippen LogP contribution in [0.4, 0.5) is 22.0 Å². The van der Waals surface area contributed by atoms with E-state index < -0.39 is 35.8 Å². The number of pyridine rings is 1. The summed E-state index contributed by atoms with van der Waals surface area (Å²) in [6.45, 7) is 0. The molecule has 1 aromatic rings. The highest BCUT2D eigenvalue weighted by atomic mass is 19.4. The number of rotatable bonds is 2. The van der Waals surface area contributed by atoms with E-state index >= 15 is 0 Å². The van der Waals surface area contributed by atoms with Gasteiger partial charge >= 0.3 is 6.18 Å². The van der Waals surface area contributed by atoms with Crippen LogP contribution >= 0.6 is 0 Å². The molecule has 1 unspecified atom stereocenters. The summed E-state index contributed by atoms with van der Waals surface area (Å²) in [5.41, 5.74) is 4.04. The van der Waals surface area contributed by atoms with Gasteiger partial charge in [0.15, 0.2) is 0 Å². The van der Waals surface area contributed by atoms with Crippen molar-refractivity contribution >= 4 is 0 Å². The molecule has 0 aliphatic carbocycles. The Bertz CT molecular complexity index is 329. The van der Waals surface area contributed by atoms with Crippen molar-refractivity contribution in [3.05, 3.63) is 29.6 Å². The van der Waals surface area contributed by atoms with Crippen molar-refractivity contribution in [3.63, 3.8) is 0 Å². The Balaban J connectivity index is 2.90. The van der Waals surface area contributed by atoms with Gasteiger partial charge in [0.25, 0.3) is 0 Å². The van der Waals surface area contributed by atoms with Crippen LogP contribution in [0.2, 0.25) is 0 Å². The molecule has 2 N–H and O–H groups in total. The predicted molar refractivity (Wildman–Crippen MR) is 41.9 cm³/mol. The van der Waals surface area contributed by atoms with Crippen LogP contribution in [0.3, 0.4) is 0 Å². The fourth-order valence-corrected chi connectivity index (χ4v) is 0.969. The number of nitrogens with zero attached hydrogens (tertiary/aromatic N) is 1. The van der Waals surface area contributed by atoms with Crippen LogP contribution < -0.4 is 5.73 Å². The maximum absolute atomic E-state index is 12.9. The summed E-state index contributed by atoms with van der Waals surface area (Å²) in [7, 11) is 0. The second-order valence-corrected chi connectivity index (χ2v) is 2.93. The van der Waals surface area contributed by atoms with E-state index in [-0.39, 0.29) is 0 Å². The Labute approximate surface area is 81.9 Å². The number of hydrogen-bond acceptors (Lipinski definition) is 2. The lowest BCUT2D eigenvalue weighted by Crippen LogP contribution is -2.39. The standard InChI is InChI=1S/C8H7F5N2/c9-5-2-15-3-6(10)4(5)1-7(14)8(11,12)13/h2-3,7H,1,14H2. The summed E-state index contributed by atoms with van der Waals surface area (Å²) < 4.78 is 61.8. The monoisotopic (exact) mass is 226 g/mol. The second-order valence-electron chi connectivity index (χ2n) is 2.93. The molecule has 0 aromatic carbocycles. The minimum absolute atomic E-state index is 0.640. The zero-order chi connectivity index (χ0) is 11.6. The lowest BCUT2D eigenvalue weighted by molar-refractivity contribution is -0.147. The molecular weight excluding hydrogens is 219 g/mol. The normalized spacial score (nSPS) is 14.0. The topological polar surface area (TPSA) is 38.9 Å². The molecule has 2 nitrogen and oxygen atoms in total. The molecule has 1 aromatic heterocycles. The molecule has 1 atom stereocenters. The lowest BCUT2D eigenvalue weighted by Gasteiger charge is -2.15. The van der Waals surface area contributed by atoms with E-state index in [0.717, 1.165) is 0 Å². The van der Waals surface area contributed by atoms with Crippen molar-refractivity contribution < 1.29 is 22.0 Å². The lowest BCUT2D eigenvalue weighted by atomic mass is 10.1. The SMILES string of the molecule is NC(Cc1c(F)cncc1F)C(F)(F)F. The first-order valence-corrected chi connectivity index (χ1v) is 3.92. The summed E-state index contributed by atoms with van der Waals surface area (Å²) in [4.78, 5) is 3.14. The van der Waals surface area contributed by atoms with Crippen molar-refractivity contribution in [2.45, 2.75) is 18.6 Å². The van der Waals surface area contributed by atoms with Gasteiger partial charge in [-0.2, -0.15) is 13.2 Å². The first-order chi connectivity index (χ1) is 6.82. The third kappa shape index (κ3) is 2.85. The fourth-order valence-electron chi connectivity index (χ4n) is 0.969. The van der Waals surface area contributed by atoms with Gasteiger partial charge in [-0.3, -0.25) is 4.98 Å². The molecule has 0 fully saturated rings. The molecule has 84 valence electrons. The molecule has 15 heavy (non-hydrogen) atoms. The van der Waals surface area contributed by atoms with Gasteiger partial charge < -0.3 is 5.73 Å². The van der Waals surface area contributed by atoms with Crippen LogP contribution in [-0.2, 0) is 6.42 Å². The minimum Gasteiger partial charge on any atom is -0.320 e. The van der Waals surface area contributed by atoms with Crippen molar-refractivity contribution in [1.29, 1.82) is 0 Å². The molecule has 0 radical (unpaired) electrons. The Morgan fingerprint density at radius 3 is 2.07 bits per heavy atom. The maximum atomic E-state index is 12.9. The third-order valence-corrected chi connectivity index (χ3v) is 1.80. The molecule has 0 aliphatic heterocycles. The fraction of sp³-hybridized carbons (Fsp3) is 0.375. The van der Waals surface area contributed by atoms with Crippen LogP contribution in [0.1, 0.15) is 5.56 Å². The van der Waals surface area contributed by atoms with Gasteiger partial charge in [0.1, 0.15) is 17.7 Å². The van der Waals surface area contributed by atoms with E-state index in [0.29, 0.717) is 12.4 Å². The highest BCUT2D eigenvalue weighted by Crippen LogP contribution is 2.23. The Hall–Kier alpha value is -1.24. The summed E-state index contributed by atoms with van der Waals surface area (Å²) in [5.74, 6) is -2.26. The van der Waals surface area contributed by atoms with Gasteiger partial charge in [-0.05, 0) is 0 Å². The Kier molecular flexibility index (Phi) is 3.23. The molecule has 0 aliphatic rings. The number of hydrogen-bond donors (Lipinski definition) is 1. The smallest absolute Gasteiger partial charge is 0.320 e. The van der Waals surface area contributed by atoms with Crippen molar-refractivity contribution in [3.8, 4) is 0 Å². The average Bonchev–Trinajstić information content (AvgIpc) is 2.09. The zero-order valence-corrected chi connectivity index (χ0v) is 7.35. The van der Waals surface area contributed by atoms with E-state index in [9.17, 15) is 22.0 Å². The van der Waals surface area contributed by atoms with Gasteiger partial charge in [-0.1, -0.05) is 0 Å². The Morgan fingerprint density at radius 1 is 1.20 bits per heavy atom. The summed E-state index contributed by atoms with van der Waals surface area (Å²) in [6.07, 6.45) is -4.34. The molecular formula is C8H7F5N2. The zero-order valence-electron chi connectivity index (χ0n) is 7.35. The molecule has 0 saturated heterocycles. The molecule has 1 rings (SSSR count). The quantitative estimate of drug-likeness (QED) is 0.781.